The molecule has 0 saturated heterocycles. The third-order valence-corrected chi connectivity index (χ3v) is 10.1. The summed E-state index contributed by atoms with van der Waals surface area (Å²) < 4.78 is 38.2. The minimum absolute atomic E-state index is 0. The van der Waals surface area contributed by atoms with E-state index < -0.39 is 6.98 Å². The third-order valence-electron chi connectivity index (χ3n) is 10.1. The number of hydrogen-bond acceptors (Lipinski definition) is 2. The van der Waals surface area contributed by atoms with Gasteiger partial charge < -0.3 is 23.0 Å². The molecule has 0 aliphatic rings. The Kier molecular flexibility index (Phi) is 7.26. The van der Waals surface area contributed by atoms with Crippen LogP contribution in [0.25, 0.3) is 71.8 Å². The molecule has 266 valence electrons. The van der Waals surface area contributed by atoms with Crippen molar-refractivity contribution >= 4 is 54.6 Å². The SMILES string of the molecule is [2H]C([2H])([2H])[n+]1[c-]n(-c2[c-]c(Oc3[c-]c4c(cc3)c3c(ccc5c6ccccc6n(-c6ccccc6)c53)n4-c3cc(C(C)(C)C)ccn3)ccc2)c2ccccc21.[Pt]. The molecule has 4 aromatic heterocycles. The molecule has 10 aromatic rings. The van der Waals surface area contributed by atoms with Gasteiger partial charge in [0.2, 0.25) is 6.33 Å². The van der Waals surface area contributed by atoms with Crippen LogP contribution in [-0.4, -0.2) is 18.7 Å². The van der Waals surface area contributed by atoms with E-state index in [1.165, 1.54) is 15.5 Å². The second-order valence-electron chi connectivity index (χ2n) is 14.4. The number of hydrogen-bond donors (Lipinski definition) is 0. The summed E-state index contributed by atoms with van der Waals surface area (Å²) in [7, 11) is 0. The van der Waals surface area contributed by atoms with Crippen molar-refractivity contribution in [3.05, 3.63) is 164 Å². The topological polar surface area (TPSA) is 40.8 Å². The molecule has 0 spiro atoms. The van der Waals surface area contributed by atoms with E-state index in [1.807, 2.05) is 54.7 Å². The molecule has 10 rings (SSSR count). The molecule has 0 amide bonds. The number of nitrogens with zero attached hydrogens (tertiary/aromatic N) is 5. The van der Waals surface area contributed by atoms with Crippen molar-refractivity contribution in [3.8, 4) is 28.7 Å². The van der Waals surface area contributed by atoms with Gasteiger partial charge in [-0.1, -0.05) is 104 Å². The van der Waals surface area contributed by atoms with Gasteiger partial charge in [0, 0.05) is 60.7 Å². The number of imidazole rings is 1. The molecule has 7 heteroatoms. The van der Waals surface area contributed by atoms with Crippen molar-refractivity contribution in [2.24, 2.45) is 6.98 Å². The van der Waals surface area contributed by atoms with Gasteiger partial charge in [0.05, 0.1) is 33.2 Å². The molecular weight excluding hydrogens is 846 g/mol. The number of aryl methyl sites for hydroxylation is 1. The Labute approximate surface area is 332 Å². The zero-order chi connectivity index (χ0) is 38.3. The average Bonchev–Trinajstić information content (AvgIpc) is 3.86. The van der Waals surface area contributed by atoms with Crippen LogP contribution in [0, 0.1) is 18.5 Å². The van der Waals surface area contributed by atoms with Crippen LogP contribution < -0.4 is 9.30 Å². The summed E-state index contributed by atoms with van der Waals surface area (Å²) in [6.45, 7) is 4.22. The Morgan fingerprint density at radius 2 is 1.44 bits per heavy atom. The van der Waals surface area contributed by atoms with Gasteiger partial charge in [0.1, 0.15) is 5.82 Å². The zero-order valence-electron chi connectivity index (χ0n) is 32.7. The molecule has 0 aliphatic heterocycles. The number of rotatable bonds is 5. The molecule has 4 heterocycles. The number of fused-ring (bicyclic) bond motifs is 8. The van der Waals surface area contributed by atoms with E-state index in [0.29, 0.717) is 28.2 Å². The van der Waals surface area contributed by atoms with Gasteiger partial charge in [-0.05, 0) is 52.8 Å². The Morgan fingerprint density at radius 1 is 0.685 bits per heavy atom. The molecule has 0 bridgehead atoms. The second kappa shape index (κ2) is 12.9. The molecule has 54 heavy (non-hydrogen) atoms. The van der Waals surface area contributed by atoms with Gasteiger partial charge in [0.25, 0.3) is 0 Å². The summed E-state index contributed by atoms with van der Waals surface area (Å²) in [4.78, 5) is 4.94. The number of para-hydroxylation sites is 4. The fourth-order valence-electron chi connectivity index (χ4n) is 7.59. The van der Waals surface area contributed by atoms with Crippen molar-refractivity contribution < 1.29 is 34.5 Å². The van der Waals surface area contributed by atoms with Gasteiger partial charge in [-0.2, -0.15) is 18.2 Å². The normalized spacial score (nSPS) is 13.0. The van der Waals surface area contributed by atoms with Crippen molar-refractivity contribution in [2.45, 2.75) is 26.2 Å². The molecule has 0 N–H and O–H groups in total. The van der Waals surface area contributed by atoms with E-state index in [1.54, 1.807) is 10.6 Å². The summed E-state index contributed by atoms with van der Waals surface area (Å²) >= 11 is 0. The number of ether oxygens (including phenoxy) is 1. The van der Waals surface area contributed by atoms with Crippen molar-refractivity contribution in [1.29, 1.82) is 0 Å². The molecule has 0 atom stereocenters. The van der Waals surface area contributed by atoms with Crippen LogP contribution in [0.1, 0.15) is 30.4 Å². The molecule has 0 radical (unpaired) electrons. The summed E-state index contributed by atoms with van der Waals surface area (Å²) in [5.74, 6) is 1.74. The molecule has 0 saturated carbocycles. The van der Waals surface area contributed by atoms with E-state index in [9.17, 15) is 0 Å². The first-order valence-corrected chi connectivity index (χ1v) is 17.7. The van der Waals surface area contributed by atoms with Crippen molar-refractivity contribution in [2.75, 3.05) is 0 Å². The molecule has 6 nitrogen and oxygen atoms in total. The maximum Gasteiger partial charge on any atom is 0.242 e. The standard InChI is InChI=1S/C47H35N5O.Pt/c1-47(2,3)31-25-26-48-44(27-31)52-42-24-23-37-36-17-8-9-18-39(36)51(32-13-6-5-7-14-32)46(37)45(42)38-22-21-35(29-43(38)52)53-34-16-12-15-33(28-34)50-30-49(4)40-19-10-11-20-41(40)50;/h5-27H,1-4H3;/q-2;/i4D3;. The van der Waals surface area contributed by atoms with Crippen LogP contribution in [-0.2, 0) is 33.5 Å². The Hall–Kier alpha value is -5.97. The van der Waals surface area contributed by atoms with Gasteiger partial charge >= 0.3 is 0 Å². The van der Waals surface area contributed by atoms with Crippen LogP contribution in [0.15, 0.2) is 140 Å². The Bertz CT molecular complexity index is 3160. The Balaban J connectivity index is 0.00000422. The summed E-state index contributed by atoms with van der Waals surface area (Å²) in [6, 6.07) is 51.6. The van der Waals surface area contributed by atoms with Crippen molar-refractivity contribution in [3.63, 3.8) is 0 Å². The van der Waals surface area contributed by atoms with Crippen LogP contribution in [0.2, 0.25) is 0 Å². The molecule has 0 fully saturated rings. The van der Waals surface area contributed by atoms with Crippen LogP contribution in [0.4, 0.5) is 0 Å². The van der Waals surface area contributed by atoms with Crippen molar-refractivity contribution in [1.82, 2.24) is 18.7 Å². The smallest absolute Gasteiger partial charge is 0.242 e. The summed E-state index contributed by atoms with van der Waals surface area (Å²) in [5.41, 5.74) is 8.07. The van der Waals surface area contributed by atoms with Gasteiger partial charge in [0.15, 0.2) is 0 Å². The fourth-order valence-corrected chi connectivity index (χ4v) is 7.59. The first-order valence-electron chi connectivity index (χ1n) is 19.2. The molecule has 6 aromatic carbocycles. The first-order chi connectivity index (χ1) is 27.0. The van der Waals surface area contributed by atoms with E-state index in [4.69, 9.17) is 13.8 Å². The predicted molar refractivity (Wildman–Crippen MR) is 213 cm³/mol. The van der Waals surface area contributed by atoms with E-state index in [2.05, 4.69) is 127 Å². The van der Waals surface area contributed by atoms with E-state index in [-0.39, 0.29) is 26.5 Å². The molecule has 0 unspecified atom stereocenters. The average molecular weight is 884 g/mol. The maximum atomic E-state index is 8.08. The minimum Gasteiger partial charge on any atom is -0.510 e. The van der Waals surface area contributed by atoms with Gasteiger partial charge in [-0.25, -0.2) is 4.98 Å². The van der Waals surface area contributed by atoms with Crippen LogP contribution >= 0.6 is 0 Å². The molecular formula is C47H35N5OPt-2. The largest absolute Gasteiger partial charge is 0.510 e. The first kappa shape index (κ1) is 30.5. The number of benzene rings is 6. The second-order valence-corrected chi connectivity index (χ2v) is 14.4. The quantitative estimate of drug-likeness (QED) is 0.128. The number of aromatic nitrogens is 5. The Morgan fingerprint density at radius 3 is 2.28 bits per heavy atom. The third kappa shape index (κ3) is 5.35. The van der Waals surface area contributed by atoms with Crippen LogP contribution in [0.3, 0.4) is 0 Å². The van der Waals surface area contributed by atoms with Crippen LogP contribution in [0.5, 0.6) is 11.5 Å². The maximum absolute atomic E-state index is 8.08. The zero-order valence-corrected chi connectivity index (χ0v) is 32.0. The summed E-state index contributed by atoms with van der Waals surface area (Å²) in [6.07, 6.45) is 4.90. The minimum atomic E-state index is -2.40. The van der Waals surface area contributed by atoms with Gasteiger partial charge in [-0.15, -0.1) is 24.3 Å². The summed E-state index contributed by atoms with van der Waals surface area (Å²) in [5, 5.41) is 4.45. The van der Waals surface area contributed by atoms with Gasteiger partial charge in [-0.3, -0.25) is 0 Å². The van der Waals surface area contributed by atoms with E-state index >= 15 is 0 Å². The predicted octanol–water partition coefficient (Wildman–Crippen LogP) is 10.5. The fraction of sp³-hybridized carbons (Fsp3) is 0.106. The van der Waals surface area contributed by atoms with E-state index in [0.717, 1.165) is 49.7 Å². The number of pyridine rings is 1. The monoisotopic (exact) mass is 883 g/mol. The molecule has 0 aliphatic carbocycles.